The molecule has 2 atom stereocenters. The molecule has 0 spiro atoms. The molecule has 0 aliphatic carbocycles. The van der Waals surface area contributed by atoms with E-state index >= 15 is 0 Å². The van der Waals surface area contributed by atoms with Crippen molar-refractivity contribution in [3.05, 3.63) is 11.4 Å². The third kappa shape index (κ3) is 4.71. The largest absolute Gasteiger partial charge is 0.398 e. The molecule has 0 saturated carbocycles. The second-order valence-electron chi connectivity index (χ2n) is 3.07. The van der Waals surface area contributed by atoms with E-state index in [0.29, 0.717) is 0 Å². The molecule has 0 saturated heterocycles. The molecule has 0 aliphatic rings. The molecule has 13 heavy (non-hydrogen) atoms. The maximum Gasteiger partial charge on any atom is 0.398 e. The first kappa shape index (κ1) is 12.2. The van der Waals surface area contributed by atoms with Crippen LogP contribution in [0.5, 0.6) is 0 Å². The van der Waals surface area contributed by atoms with Gasteiger partial charge in [-0.05, 0) is 12.3 Å². The van der Waals surface area contributed by atoms with Gasteiger partial charge < -0.3 is 4.85 Å². The first-order valence-corrected chi connectivity index (χ1v) is 3.87. The Bertz CT molecular complexity index is 182. The van der Waals surface area contributed by atoms with E-state index in [-0.39, 0.29) is 6.42 Å². The summed E-state index contributed by atoms with van der Waals surface area (Å²) in [6.07, 6.45) is -4.68. The van der Waals surface area contributed by atoms with Crippen molar-refractivity contribution in [2.45, 2.75) is 19.5 Å². The molecular formula is C8H11F4N. The molecule has 0 amide bonds. The molecule has 0 bridgehead atoms. The van der Waals surface area contributed by atoms with E-state index in [1.807, 2.05) is 0 Å². The molecule has 0 N–H and O–H groups in total. The fourth-order valence-electron chi connectivity index (χ4n) is 0.971. The predicted octanol–water partition coefficient (Wildman–Crippen LogP) is 3.08. The van der Waals surface area contributed by atoms with Crippen LogP contribution < -0.4 is 0 Å². The minimum Gasteiger partial charge on any atom is -0.316 e. The Morgan fingerprint density at radius 1 is 1.38 bits per heavy atom. The van der Waals surface area contributed by atoms with E-state index in [1.54, 1.807) is 0 Å². The van der Waals surface area contributed by atoms with Gasteiger partial charge in [0.15, 0.2) is 0 Å². The lowest BCUT2D eigenvalue weighted by Gasteiger charge is -2.17. The van der Waals surface area contributed by atoms with Crippen LogP contribution in [-0.4, -0.2) is 19.4 Å². The number of hydrogen-bond donors (Lipinski definition) is 0. The predicted molar refractivity (Wildman–Crippen MR) is 40.8 cm³/mol. The summed E-state index contributed by atoms with van der Waals surface area (Å²) in [6, 6.07) is 0. The Morgan fingerprint density at radius 3 is 2.23 bits per heavy atom. The Balaban J connectivity index is 4.20. The smallest absolute Gasteiger partial charge is 0.316 e. The summed E-state index contributed by atoms with van der Waals surface area (Å²) in [5.41, 5.74) is 0. The van der Waals surface area contributed by atoms with Crippen LogP contribution in [0.2, 0.25) is 0 Å². The van der Waals surface area contributed by atoms with Crippen LogP contribution in [0.4, 0.5) is 17.6 Å². The second-order valence-corrected chi connectivity index (χ2v) is 3.07. The van der Waals surface area contributed by atoms with Crippen molar-refractivity contribution in [3.63, 3.8) is 0 Å². The molecule has 1 nitrogen and oxygen atoms in total. The zero-order valence-electron chi connectivity index (χ0n) is 7.24. The molecule has 0 radical (unpaired) electrons. The lowest BCUT2D eigenvalue weighted by molar-refractivity contribution is -0.174. The van der Waals surface area contributed by atoms with Crippen molar-refractivity contribution in [2.24, 2.45) is 11.8 Å². The minimum absolute atomic E-state index is 0.303. The highest BCUT2D eigenvalue weighted by molar-refractivity contribution is 4.77. The van der Waals surface area contributed by atoms with Crippen LogP contribution in [0.1, 0.15) is 13.3 Å². The quantitative estimate of drug-likeness (QED) is 0.482. The third-order valence-corrected chi connectivity index (χ3v) is 1.72. The first-order chi connectivity index (χ1) is 5.91. The van der Waals surface area contributed by atoms with Crippen LogP contribution in [0.15, 0.2) is 0 Å². The summed E-state index contributed by atoms with van der Waals surface area (Å²) in [6.45, 7) is 6.37. The van der Waals surface area contributed by atoms with Crippen molar-refractivity contribution in [1.82, 2.24) is 0 Å². The monoisotopic (exact) mass is 197 g/mol. The van der Waals surface area contributed by atoms with Crippen molar-refractivity contribution in [3.8, 4) is 0 Å². The molecule has 2 unspecified atom stereocenters. The van der Waals surface area contributed by atoms with Gasteiger partial charge in [-0.3, -0.25) is 4.39 Å². The summed E-state index contributed by atoms with van der Waals surface area (Å²) in [5, 5.41) is 0. The zero-order valence-corrected chi connectivity index (χ0v) is 7.24. The fourth-order valence-corrected chi connectivity index (χ4v) is 0.971. The Morgan fingerprint density at radius 2 is 1.92 bits per heavy atom. The topological polar surface area (TPSA) is 4.36 Å². The van der Waals surface area contributed by atoms with E-state index in [9.17, 15) is 17.6 Å². The maximum absolute atomic E-state index is 12.1. The van der Waals surface area contributed by atoms with Crippen LogP contribution in [0.3, 0.4) is 0 Å². The van der Waals surface area contributed by atoms with Gasteiger partial charge in [-0.15, -0.1) is 0 Å². The Kier molecular flexibility index (Phi) is 4.74. The average Bonchev–Trinajstić information content (AvgIpc) is 2.01. The zero-order chi connectivity index (χ0) is 10.5. The Hall–Kier alpha value is -0.790. The summed E-state index contributed by atoms with van der Waals surface area (Å²) in [5.74, 6) is -2.32. The SMILES string of the molecule is [C-]#[N+]CC(CC(C)CF)C(F)(F)F. The summed E-state index contributed by atoms with van der Waals surface area (Å²) >= 11 is 0. The van der Waals surface area contributed by atoms with Gasteiger partial charge in [0.1, 0.15) is 5.92 Å². The van der Waals surface area contributed by atoms with Gasteiger partial charge in [-0.1, -0.05) is 6.92 Å². The molecular weight excluding hydrogens is 186 g/mol. The molecule has 0 aromatic carbocycles. The highest BCUT2D eigenvalue weighted by atomic mass is 19.4. The maximum atomic E-state index is 12.1. The van der Waals surface area contributed by atoms with E-state index < -0.39 is 31.2 Å². The number of rotatable bonds is 4. The first-order valence-electron chi connectivity index (χ1n) is 3.87. The standard InChI is InChI=1S/C8H11F4N/c1-6(4-9)3-7(5-13-2)8(10,11)12/h6-7H,3-5H2,1H3. The lowest BCUT2D eigenvalue weighted by atomic mass is 9.96. The van der Waals surface area contributed by atoms with Gasteiger partial charge >= 0.3 is 6.18 Å². The van der Waals surface area contributed by atoms with E-state index in [1.165, 1.54) is 6.92 Å². The van der Waals surface area contributed by atoms with E-state index in [4.69, 9.17) is 6.57 Å². The van der Waals surface area contributed by atoms with Crippen molar-refractivity contribution in [1.29, 1.82) is 0 Å². The van der Waals surface area contributed by atoms with Crippen LogP contribution >= 0.6 is 0 Å². The van der Waals surface area contributed by atoms with Gasteiger partial charge in [0.2, 0.25) is 6.54 Å². The van der Waals surface area contributed by atoms with Crippen molar-refractivity contribution >= 4 is 0 Å². The highest BCUT2D eigenvalue weighted by Gasteiger charge is 2.42. The summed E-state index contributed by atoms with van der Waals surface area (Å²) in [7, 11) is 0. The molecule has 0 aromatic rings. The Labute approximate surface area is 74.6 Å². The number of nitrogens with zero attached hydrogens (tertiary/aromatic N) is 1. The average molecular weight is 197 g/mol. The third-order valence-electron chi connectivity index (χ3n) is 1.72. The number of halogens is 4. The molecule has 0 rings (SSSR count). The molecule has 76 valence electrons. The van der Waals surface area contributed by atoms with Gasteiger partial charge in [0.05, 0.1) is 6.67 Å². The lowest BCUT2D eigenvalue weighted by Crippen LogP contribution is -2.27. The molecule has 5 heteroatoms. The van der Waals surface area contributed by atoms with Crippen molar-refractivity contribution < 1.29 is 17.6 Å². The van der Waals surface area contributed by atoms with Gasteiger partial charge in [-0.2, -0.15) is 13.2 Å². The van der Waals surface area contributed by atoms with Gasteiger partial charge in [-0.25, -0.2) is 6.57 Å². The van der Waals surface area contributed by atoms with Crippen molar-refractivity contribution in [2.75, 3.05) is 13.2 Å². The van der Waals surface area contributed by atoms with Crippen LogP contribution in [0, 0.1) is 18.4 Å². The second kappa shape index (κ2) is 5.05. The summed E-state index contributed by atoms with van der Waals surface area (Å²) in [4.78, 5) is 2.70. The normalized spacial score (nSPS) is 16.3. The van der Waals surface area contributed by atoms with Gasteiger partial charge in [0.25, 0.3) is 0 Å². The van der Waals surface area contributed by atoms with E-state index in [2.05, 4.69) is 4.85 Å². The highest BCUT2D eigenvalue weighted by Crippen LogP contribution is 2.31. The molecule has 0 aromatic heterocycles. The van der Waals surface area contributed by atoms with Crippen LogP contribution in [0.25, 0.3) is 4.85 Å². The molecule has 0 aliphatic heterocycles. The number of alkyl halides is 4. The fraction of sp³-hybridized carbons (Fsp3) is 0.875. The van der Waals surface area contributed by atoms with Crippen LogP contribution in [-0.2, 0) is 0 Å². The van der Waals surface area contributed by atoms with Gasteiger partial charge in [0, 0.05) is 0 Å². The minimum atomic E-state index is -4.38. The summed E-state index contributed by atoms with van der Waals surface area (Å²) < 4.78 is 48.3. The molecule has 0 fully saturated rings. The molecule has 0 heterocycles. The number of hydrogen-bond acceptors (Lipinski definition) is 0. The van der Waals surface area contributed by atoms with E-state index in [0.717, 1.165) is 0 Å².